The van der Waals surface area contributed by atoms with Crippen LogP contribution in [0.2, 0.25) is 0 Å². The van der Waals surface area contributed by atoms with Crippen LogP contribution < -0.4 is 0 Å². The zero-order valence-corrected chi connectivity index (χ0v) is 18.2. The molecule has 0 N–H and O–H groups in total. The van der Waals surface area contributed by atoms with Gasteiger partial charge in [-0.2, -0.15) is 0 Å². The van der Waals surface area contributed by atoms with Gasteiger partial charge in [0.25, 0.3) is 0 Å². The summed E-state index contributed by atoms with van der Waals surface area (Å²) < 4.78 is 20.7. The zero-order chi connectivity index (χ0) is 20.3. The lowest BCUT2D eigenvalue weighted by molar-refractivity contribution is 0.0513. The second kappa shape index (κ2) is 8.86. The molecule has 1 aromatic heterocycles. The highest BCUT2D eigenvalue weighted by molar-refractivity contribution is 9.10. The predicted octanol–water partition coefficient (Wildman–Crippen LogP) is 4.75. The lowest BCUT2D eigenvalue weighted by Crippen LogP contribution is -2.44. The Morgan fingerprint density at radius 1 is 1.10 bits per heavy atom. The molecule has 152 valence electrons. The van der Waals surface area contributed by atoms with Crippen LogP contribution in [0.5, 0.6) is 0 Å². The number of ether oxygens (including phenoxy) is 1. The smallest absolute Gasteiger partial charge is 0.123 e. The van der Waals surface area contributed by atoms with Gasteiger partial charge in [0.2, 0.25) is 0 Å². The number of nitrogens with zero attached hydrogens (tertiary/aromatic N) is 3. The van der Waals surface area contributed by atoms with E-state index in [0.717, 1.165) is 53.4 Å². The van der Waals surface area contributed by atoms with Gasteiger partial charge in [-0.05, 0) is 74.8 Å². The molecule has 0 saturated carbocycles. The van der Waals surface area contributed by atoms with Gasteiger partial charge in [0.15, 0.2) is 0 Å². The quantitative estimate of drug-likeness (QED) is 0.500. The predicted molar refractivity (Wildman–Crippen MR) is 117 cm³/mol. The lowest BCUT2D eigenvalue weighted by Gasteiger charge is -2.41. The molecule has 0 radical (unpaired) electrons. The molecule has 1 aliphatic rings. The Balaban J connectivity index is 1.46. The number of halogens is 2. The number of hydrogen-bond acceptors (Lipinski definition) is 4. The molecule has 29 heavy (non-hydrogen) atoms. The zero-order valence-electron chi connectivity index (χ0n) is 16.6. The Morgan fingerprint density at radius 2 is 1.83 bits per heavy atom. The van der Waals surface area contributed by atoms with Crippen molar-refractivity contribution in [2.24, 2.45) is 0 Å². The Labute approximate surface area is 179 Å². The van der Waals surface area contributed by atoms with Crippen molar-refractivity contribution in [2.75, 3.05) is 33.4 Å². The average molecular weight is 458 g/mol. The summed E-state index contributed by atoms with van der Waals surface area (Å²) in [5, 5.41) is 0. The summed E-state index contributed by atoms with van der Waals surface area (Å²) in [6.45, 7) is 3.30. The Hall–Kier alpha value is -1.89. The molecule has 6 heteroatoms. The van der Waals surface area contributed by atoms with E-state index in [4.69, 9.17) is 4.74 Å². The van der Waals surface area contributed by atoms with Gasteiger partial charge in [0.05, 0.1) is 24.2 Å². The van der Waals surface area contributed by atoms with Crippen molar-refractivity contribution in [3.05, 3.63) is 70.2 Å². The van der Waals surface area contributed by atoms with E-state index >= 15 is 0 Å². The first kappa shape index (κ1) is 20.4. The van der Waals surface area contributed by atoms with Crippen molar-refractivity contribution in [2.45, 2.75) is 24.7 Å². The third-order valence-electron chi connectivity index (χ3n) is 5.91. The Bertz CT molecular complexity index is 972. The van der Waals surface area contributed by atoms with Crippen LogP contribution in [0.3, 0.4) is 0 Å². The van der Waals surface area contributed by atoms with Gasteiger partial charge in [0, 0.05) is 22.3 Å². The van der Waals surface area contributed by atoms with E-state index < -0.39 is 0 Å². The van der Waals surface area contributed by atoms with Crippen LogP contribution in [0.15, 0.2) is 53.3 Å². The summed E-state index contributed by atoms with van der Waals surface area (Å²) in [5.74, 6) is -0.194. The van der Waals surface area contributed by atoms with Crippen LogP contribution in [0, 0.1) is 5.82 Å². The topological polar surface area (TPSA) is 38.2 Å². The molecule has 0 spiro atoms. The molecule has 0 atom stereocenters. The van der Waals surface area contributed by atoms with Gasteiger partial charge in [-0.1, -0.05) is 28.1 Å². The molecule has 1 fully saturated rings. The SMILES string of the molecule is CN1CCC(COCCc2cc(Br)cc3nccnc23)(c2ccc(F)cc2)CC1. The summed E-state index contributed by atoms with van der Waals surface area (Å²) in [4.78, 5) is 11.2. The molecule has 1 saturated heterocycles. The Morgan fingerprint density at radius 3 is 2.59 bits per heavy atom. The number of rotatable bonds is 6. The van der Waals surface area contributed by atoms with Crippen LogP contribution in [0.1, 0.15) is 24.0 Å². The van der Waals surface area contributed by atoms with Crippen molar-refractivity contribution in [3.8, 4) is 0 Å². The van der Waals surface area contributed by atoms with Gasteiger partial charge >= 0.3 is 0 Å². The van der Waals surface area contributed by atoms with E-state index in [-0.39, 0.29) is 11.2 Å². The highest BCUT2D eigenvalue weighted by Crippen LogP contribution is 2.36. The summed E-state index contributed by atoms with van der Waals surface area (Å²) in [7, 11) is 2.15. The van der Waals surface area contributed by atoms with Crippen LogP contribution in [0.4, 0.5) is 4.39 Å². The van der Waals surface area contributed by atoms with E-state index in [1.54, 1.807) is 24.5 Å². The lowest BCUT2D eigenvalue weighted by atomic mass is 9.73. The molecular formula is C23H25BrFN3O. The van der Waals surface area contributed by atoms with Crippen LogP contribution >= 0.6 is 15.9 Å². The molecular weight excluding hydrogens is 433 g/mol. The fraction of sp³-hybridized carbons (Fsp3) is 0.391. The van der Waals surface area contributed by atoms with E-state index in [0.29, 0.717) is 13.2 Å². The van der Waals surface area contributed by atoms with E-state index in [1.807, 2.05) is 18.2 Å². The Kier molecular flexibility index (Phi) is 6.23. The summed E-state index contributed by atoms with van der Waals surface area (Å²) >= 11 is 3.56. The number of fused-ring (bicyclic) bond motifs is 1. The molecule has 2 heterocycles. The first-order chi connectivity index (χ1) is 14.1. The highest BCUT2D eigenvalue weighted by atomic mass is 79.9. The van der Waals surface area contributed by atoms with Crippen molar-refractivity contribution in [3.63, 3.8) is 0 Å². The minimum absolute atomic E-state index is 0.0562. The molecule has 0 aliphatic carbocycles. The molecule has 4 rings (SSSR count). The molecule has 0 bridgehead atoms. The van der Waals surface area contributed by atoms with E-state index in [1.165, 1.54) is 5.56 Å². The first-order valence-corrected chi connectivity index (χ1v) is 10.8. The maximum absolute atomic E-state index is 13.4. The molecule has 0 unspecified atom stereocenters. The van der Waals surface area contributed by atoms with Gasteiger partial charge in [-0.25, -0.2) is 4.39 Å². The molecule has 1 aliphatic heterocycles. The van der Waals surface area contributed by atoms with Crippen molar-refractivity contribution in [1.82, 2.24) is 14.9 Å². The van der Waals surface area contributed by atoms with Crippen molar-refractivity contribution < 1.29 is 9.13 Å². The second-order valence-corrected chi connectivity index (χ2v) is 8.80. The van der Waals surface area contributed by atoms with Crippen LogP contribution in [-0.2, 0) is 16.6 Å². The highest BCUT2D eigenvalue weighted by Gasteiger charge is 2.35. The minimum atomic E-state index is -0.194. The average Bonchev–Trinajstić information content (AvgIpc) is 2.73. The second-order valence-electron chi connectivity index (χ2n) is 7.88. The molecule has 3 aromatic rings. The molecule has 2 aromatic carbocycles. The fourth-order valence-electron chi connectivity index (χ4n) is 4.12. The van der Waals surface area contributed by atoms with Crippen LogP contribution in [0.25, 0.3) is 11.0 Å². The fourth-order valence-corrected chi connectivity index (χ4v) is 4.61. The number of aromatic nitrogens is 2. The number of benzene rings is 2. The van der Waals surface area contributed by atoms with Gasteiger partial charge < -0.3 is 9.64 Å². The summed E-state index contributed by atoms with van der Waals surface area (Å²) in [6, 6.07) is 11.0. The maximum Gasteiger partial charge on any atom is 0.123 e. The first-order valence-electron chi connectivity index (χ1n) is 9.97. The van der Waals surface area contributed by atoms with Gasteiger partial charge in [-0.3, -0.25) is 9.97 Å². The van der Waals surface area contributed by atoms with Gasteiger partial charge in [0.1, 0.15) is 5.82 Å². The normalized spacial score (nSPS) is 16.9. The van der Waals surface area contributed by atoms with Crippen molar-refractivity contribution in [1.29, 1.82) is 0 Å². The minimum Gasteiger partial charge on any atom is -0.380 e. The molecule has 0 amide bonds. The third-order valence-corrected chi connectivity index (χ3v) is 6.37. The van der Waals surface area contributed by atoms with Gasteiger partial charge in [-0.15, -0.1) is 0 Å². The van der Waals surface area contributed by atoms with E-state index in [2.05, 4.69) is 43.9 Å². The number of likely N-dealkylation sites (tertiary alicyclic amines) is 1. The summed E-state index contributed by atoms with van der Waals surface area (Å²) in [5.41, 5.74) is 4.05. The molecule has 4 nitrogen and oxygen atoms in total. The van der Waals surface area contributed by atoms with Crippen molar-refractivity contribution >= 4 is 27.0 Å². The standard InChI is InChI=1S/C23H25BrFN3O/c1-28-11-7-23(8-12-28,18-2-4-20(25)5-3-18)16-29-13-6-17-14-19(24)15-21-22(17)27-10-9-26-21/h2-5,9-10,14-15H,6-8,11-13,16H2,1H3. The number of piperidine rings is 1. The monoisotopic (exact) mass is 457 g/mol. The van der Waals surface area contributed by atoms with E-state index in [9.17, 15) is 4.39 Å². The maximum atomic E-state index is 13.4. The summed E-state index contributed by atoms with van der Waals surface area (Å²) in [6.07, 6.45) is 6.24. The largest absolute Gasteiger partial charge is 0.380 e. The third kappa shape index (κ3) is 4.65. The number of hydrogen-bond donors (Lipinski definition) is 0. The van der Waals surface area contributed by atoms with Crippen LogP contribution in [-0.4, -0.2) is 48.2 Å².